The summed E-state index contributed by atoms with van der Waals surface area (Å²) in [6.45, 7) is 1.15. The first-order chi connectivity index (χ1) is 10.2. The molecule has 0 bridgehead atoms. The van der Waals surface area contributed by atoms with E-state index in [-0.39, 0.29) is 17.8 Å². The average molecular weight is 349 g/mol. The molecule has 1 aliphatic rings. The van der Waals surface area contributed by atoms with Crippen LogP contribution < -0.4 is 4.74 Å². The molecule has 3 heterocycles. The van der Waals surface area contributed by atoms with E-state index in [0.717, 1.165) is 10.9 Å². The number of aromatic nitrogens is 3. The van der Waals surface area contributed by atoms with Gasteiger partial charge >= 0.3 is 0 Å². The number of hydrogen-bond donors (Lipinski definition) is 0. The van der Waals surface area contributed by atoms with Crippen LogP contribution in [0.15, 0.2) is 41.3 Å². The van der Waals surface area contributed by atoms with E-state index in [1.165, 1.54) is 0 Å². The highest BCUT2D eigenvalue weighted by Crippen LogP contribution is 2.24. The third-order valence-electron chi connectivity index (χ3n) is 3.19. The SMILES string of the molecule is O=C(c1ncccn1)N1CC[C@@H](Oc2ncccc2Br)C1. The van der Waals surface area contributed by atoms with Crippen LogP contribution >= 0.6 is 15.9 Å². The zero-order chi connectivity index (χ0) is 14.7. The van der Waals surface area contributed by atoms with Gasteiger partial charge in [-0.25, -0.2) is 15.0 Å². The van der Waals surface area contributed by atoms with Gasteiger partial charge in [-0.05, 0) is 34.1 Å². The molecule has 0 radical (unpaired) electrons. The Kier molecular flexibility index (Phi) is 4.10. The summed E-state index contributed by atoms with van der Waals surface area (Å²) in [7, 11) is 0. The molecule has 7 heteroatoms. The maximum Gasteiger partial charge on any atom is 0.291 e. The van der Waals surface area contributed by atoms with E-state index in [0.29, 0.717) is 19.0 Å². The minimum Gasteiger partial charge on any atom is -0.472 e. The molecule has 21 heavy (non-hydrogen) atoms. The number of halogens is 1. The van der Waals surface area contributed by atoms with E-state index < -0.39 is 0 Å². The van der Waals surface area contributed by atoms with Gasteiger partial charge in [0.1, 0.15) is 6.10 Å². The van der Waals surface area contributed by atoms with Gasteiger partial charge in [0, 0.05) is 31.6 Å². The smallest absolute Gasteiger partial charge is 0.291 e. The van der Waals surface area contributed by atoms with Crippen molar-refractivity contribution in [2.24, 2.45) is 0 Å². The zero-order valence-corrected chi connectivity index (χ0v) is 12.7. The molecule has 0 aliphatic carbocycles. The lowest BCUT2D eigenvalue weighted by molar-refractivity contribution is 0.0759. The molecule has 1 amide bonds. The summed E-state index contributed by atoms with van der Waals surface area (Å²) in [6.07, 6.45) is 5.51. The van der Waals surface area contributed by atoms with Crippen molar-refractivity contribution in [1.29, 1.82) is 0 Å². The molecule has 0 aromatic carbocycles. The number of rotatable bonds is 3. The van der Waals surface area contributed by atoms with Gasteiger partial charge < -0.3 is 9.64 Å². The van der Waals surface area contributed by atoms with E-state index in [4.69, 9.17) is 4.74 Å². The summed E-state index contributed by atoms with van der Waals surface area (Å²) in [4.78, 5) is 26.1. The molecule has 2 aromatic heterocycles. The van der Waals surface area contributed by atoms with Crippen LogP contribution in [0.5, 0.6) is 5.88 Å². The van der Waals surface area contributed by atoms with Crippen LogP contribution in [-0.4, -0.2) is 45.0 Å². The van der Waals surface area contributed by atoms with Crippen molar-refractivity contribution in [3.05, 3.63) is 47.1 Å². The molecule has 1 fully saturated rings. The van der Waals surface area contributed by atoms with Gasteiger partial charge in [0.2, 0.25) is 11.7 Å². The number of hydrogen-bond acceptors (Lipinski definition) is 5. The predicted molar refractivity (Wildman–Crippen MR) is 78.9 cm³/mol. The van der Waals surface area contributed by atoms with Crippen molar-refractivity contribution in [2.75, 3.05) is 13.1 Å². The van der Waals surface area contributed by atoms with Crippen LogP contribution in [0, 0.1) is 0 Å². The lowest BCUT2D eigenvalue weighted by Gasteiger charge is -2.16. The summed E-state index contributed by atoms with van der Waals surface area (Å²) in [5.41, 5.74) is 0. The van der Waals surface area contributed by atoms with Crippen molar-refractivity contribution in [3.8, 4) is 5.88 Å². The summed E-state index contributed by atoms with van der Waals surface area (Å²) >= 11 is 3.40. The Labute approximate surface area is 130 Å². The van der Waals surface area contributed by atoms with Gasteiger partial charge in [-0.15, -0.1) is 0 Å². The number of likely N-dealkylation sites (tertiary alicyclic amines) is 1. The second-order valence-corrected chi connectivity index (χ2v) is 5.50. The van der Waals surface area contributed by atoms with Gasteiger partial charge in [0.25, 0.3) is 5.91 Å². The van der Waals surface area contributed by atoms with Crippen molar-refractivity contribution in [3.63, 3.8) is 0 Å². The highest BCUT2D eigenvalue weighted by atomic mass is 79.9. The number of nitrogens with zero attached hydrogens (tertiary/aromatic N) is 4. The predicted octanol–water partition coefficient (Wildman–Crippen LogP) is 1.93. The van der Waals surface area contributed by atoms with E-state index in [2.05, 4.69) is 30.9 Å². The van der Waals surface area contributed by atoms with Crippen molar-refractivity contribution in [2.45, 2.75) is 12.5 Å². The van der Waals surface area contributed by atoms with Crippen molar-refractivity contribution in [1.82, 2.24) is 19.9 Å². The fraction of sp³-hybridized carbons (Fsp3) is 0.286. The third-order valence-corrected chi connectivity index (χ3v) is 3.80. The van der Waals surface area contributed by atoms with Crippen LogP contribution in [-0.2, 0) is 0 Å². The normalized spacial score (nSPS) is 17.8. The minimum atomic E-state index is -0.165. The van der Waals surface area contributed by atoms with Crippen LogP contribution in [0.1, 0.15) is 17.0 Å². The topological polar surface area (TPSA) is 68.2 Å². The number of ether oxygens (including phenoxy) is 1. The highest BCUT2D eigenvalue weighted by molar-refractivity contribution is 9.10. The van der Waals surface area contributed by atoms with Gasteiger partial charge in [0.05, 0.1) is 11.0 Å². The summed E-state index contributed by atoms with van der Waals surface area (Å²) < 4.78 is 6.64. The lowest BCUT2D eigenvalue weighted by Crippen LogP contribution is -2.32. The van der Waals surface area contributed by atoms with Gasteiger partial charge in [-0.2, -0.15) is 0 Å². The first kappa shape index (κ1) is 13.9. The zero-order valence-electron chi connectivity index (χ0n) is 11.1. The van der Waals surface area contributed by atoms with E-state index in [1.807, 2.05) is 12.1 Å². The molecule has 1 atom stereocenters. The van der Waals surface area contributed by atoms with Crippen molar-refractivity contribution >= 4 is 21.8 Å². The molecule has 0 saturated carbocycles. The van der Waals surface area contributed by atoms with Gasteiger partial charge in [-0.1, -0.05) is 0 Å². The van der Waals surface area contributed by atoms with Crippen LogP contribution in [0.3, 0.4) is 0 Å². The van der Waals surface area contributed by atoms with Gasteiger partial charge in [0.15, 0.2) is 0 Å². The Balaban J connectivity index is 1.63. The van der Waals surface area contributed by atoms with Gasteiger partial charge in [-0.3, -0.25) is 4.79 Å². The molecule has 6 nitrogen and oxygen atoms in total. The van der Waals surface area contributed by atoms with E-state index >= 15 is 0 Å². The molecule has 2 aromatic rings. The Bertz CT molecular complexity index is 638. The van der Waals surface area contributed by atoms with Crippen molar-refractivity contribution < 1.29 is 9.53 Å². The van der Waals surface area contributed by atoms with Crippen LogP contribution in [0.4, 0.5) is 0 Å². The number of carbonyl (C=O) groups excluding carboxylic acids is 1. The molecule has 0 N–H and O–H groups in total. The molecule has 108 valence electrons. The fourth-order valence-corrected chi connectivity index (χ4v) is 2.52. The summed E-state index contributed by atoms with van der Waals surface area (Å²) in [5, 5.41) is 0. The Hall–Kier alpha value is -2.02. The molecule has 3 rings (SSSR count). The third kappa shape index (κ3) is 3.18. The molecular weight excluding hydrogens is 336 g/mol. The van der Waals surface area contributed by atoms with Crippen LogP contribution in [0.2, 0.25) is 0 Å². The summed E-state index contributed by atoms with van der Waals surface area (Å²) in [6, 6.07) is 5.39. The monoisotopic (exact) mass is 348 g/mol. The first-order valence-corrected chi connectivity index (χ1v) is 7.37. The number of carbonyl (C=O) groups is 1. The first-order valence-electron chi connectivity index (χ1n) is 6.57. The largest absolute Gasteiger partial charge is 0.472 e. The minimum absolute atomic E-state index is 0.0659. The Morgan fingerprint density at radius 3 is 2.76 bits per heavy atom. The highest BCUT2D eigenvalue weighted by Gasteiger charge is 2.30. The second-order valence-electron chi connectivity index (χ2n) is 4.64. The average Bonchev–Trinajstić information content (AvgIpc) is 2.98. The maximum atomic E-state index is 12.2. The molecule has 1 saturated heterocycles. The van der Waals surface area contributed by atoms with E-state index in [1.54, 1.807) is 29.6 Å². The quantitative estimate of drug-likeness (QED) is 0.847. The lowest BCUT2D eigenvalue weighted by atomic mass is 10.3. The molecule has 0 spiro atoms. The maximum absolute atomic E-state index is 12.2. The van der Waals surface area contributed by atoms with Crippen LogP contribution in [0.25, 0.3) is 0 Å². The molecule has 0 unspecified atom stereocenters. The molecule has 1 aliphatic heterocycles. The number of amides is 1. The fourth-order valence-electron chi connectivity index (χ4n) is 2.18. The molecular formula is C14H13BrN4O2. The van der Waals surface area contributed by atoms with E-state index in [9.17, 15) is 4.79 Å². The Morgan fingerprint density at radius 1 is 1.24 bits per heavy atom. The second kappa shape index (κ2) is 6.17. The Morgan fingerprint density at radius 2 is 2.00 bits per heavy atom. The number of pyridine rings is 1. The standard InChI is InChI=1S/C14H13BrN4O2/c15-11-3-1-5-18-13(11)21-10-4-8-19(9-10)14(20)12-16-6-2-7-17-12/h1-3,5-7,10H,4,8-9H2/t10-/m1/s1. The summed E-state index contributed by atoms with van der Waals surface area (Å²) in [5.74, 6) is 0.603.